The van der Waals surface area contributed by atoms with Gasteiger partial charge < -0.3 is 0 Å². The number of aromatic nitrogens is 1. The molecule has 0 N–H and O–H groups in total. The van der Waals surface area contributed by atoms with Crippen LogP contribution < -0.4 is 0 Å². The Hall–Kier alpha value is -0.880. The van der Waals surface area contributed by atoms with Gasteiger partial charge in [-0.2, -0.15) is 5.26 Å². The van der Waals surface area contributed by atoms with Gasteiger partial charge in [-0.25, -0.2) is 0 Å². The molecule has 64 valence electrons. The van der Waals surface area contributed by atoms with E-state index < -0.39 is 0 Å². The third-order valence-electron chi connectivity index (χ3n) is 1.04. The quantitative estimate of drug-likeness (QED) is 0.739. The molecule has 0 spiro atoms. The third kappa shape index (κ3) is 4.09. The average Bonchev–Trinajstić information content (AvgIpc) is 2.09. The molecule has 0 fully saturated rings. The molecule has 1 rings (SSSR count). The smallest absolute Gasteiger partial charge is 0.0670 e. The van der Waals surface area contributed by atoms with E-state index in [-0.39, 0.29) is 0 Å². The molecule has 0 saturated carbocycles. The van der Waals surface area contributed by atoms with Crippen LogP contribution in [0.25, 0.3) is 0 Å². The molecule has 0 aromatic carbocycles. The van der Waals surface area contributed by atoms with Crippen LogP contribution >= 0.6 is 15.9 Å². The Kier molecular flexibility index (Phi) is 6.31. The van der Waals surface area contributed by atoms with Gasteiger partial charge in [0.1, 0.15) is 0 Å². The van der Waals surface area contributed by atoms with Crippen molar-refractivity contribution in [3.05, 3.63) is 28.5 Å². The van der Waals surface area contributed by atoms with Crippen LogP contribution in [0, 0.1) is 11.3 Å². The second-order valence-corrected chi connectivity index (χ2v) is 2.76. The van der Waals surface area contributed by atoms with Crippen LogP contribution in [0.15, 0.2) is 22.9 Å². The summed E-state index contributed by atoms with van der Waals surface area (Å²) in [6, 6.07) is 3.94. The first-order chi connectivity index (χ1) is 5.83. The zero-order valence-electron chi connectivity index (χ0n) is 7.21. The third-order valence-corrected chi connectivity index (χ3v) is 1.48. The zero-order chi connectivity index (χ0) is 9.40. The van der Waals surface area contributed by atoms with Gasteiger partial charge in [-0.3, -0.25) is 4.98 Å². The Bertz CT molecular complexity index is 265. The summed E-state index contributed by atoms with van der Waals surface area (Å²) in [7, 11) is 0. The number of halogens is 1. The lowest BCUT2D eigenvalue weighted by Crippen LogP contribution is -1.82. The summed E-state index contributed by atoms with van der Waals surface area (Å²) in [4.78, 5) is 3.90. The molecular formula is C9H11BrN2. The fraction of sp³-hybridized carbons (Fsp3) is 0.333. The van der Waals surface area contributed by atoms with E-state index in [1.54, 1.807) is 12.4 Å². The summed E-state index contributed by atoms with van der Waals surface area (Å²) < 4.78 is 0.917. The second-order valence-electron chi connectivity index (χ2n) is 1.85. The molecule has 2 nitrogen and oxygen atoms in total. The van der Waals surface area contributed by atoms with Gasteiger partial charge >= 0.3 is 0 Å². The minimum absolute atomic E-state index is 0.423. The van der Waals surface area contributed by atoms with Crippen molar-refractivity contribution in [2.45, 2.75) is 20.3 Å². The highest BCUT2D eigenvalue weighted by Gasteiger charge is 1.91. The predicted octanol–water partition coefficient (Wildman–Crippen LogP) is 2.94. The lowest BCUT2D eigenvalue weighted by atomic mass is 10.2. The van der Waals surface area contributed by atoms with Gasteiger partial charge in [0.2, 0.25) is 0 Å². The highest BCUT2D eigenvalue weighted by Crippen LogP contribution is 2.09. The second kappa shape index (κ2) is 6.81. The summed E-state index contributed by atoms with van der Waals surface area (Å²) in [5.74, 6) is 0. The monoisotopic (exact) mass is 226 g/mol. The fourth-order valence-corrected chi connectivity index (χ4v) is 1.06. The molecule has 0 atom stereocenters. The molecule has 0 aliphatic rings. The van der Waals surface area contributed by atoms with Crippen molar-refractivity contribution in [1.82, 2.24) is 4.98 Å². The summed E-state index contributed by atoms with van der Waals surface area (Å²) in [5, 5.41) is 8.32. The molecule has 12 heavy (non-hydrogen) atoms. The molecule has 0 aliphatic heterocycles. The normalized spacial score (nSPS) is 7.83. The minimum Gasteiger partial charge on any atom is -0.263 e. The van der Waals surface area contributed by atoms with Crippen LogP contribution in [-0.4, -0.2) is 4.98 Å². The molecule has 0 aliphatic carbocycles. The minimum atomic E-state index is 0.423. The standard InChI is InChI=1S/C7H5BrN2.C2H6/c8-7-3-6(1-2-9)4-10-5-7;1-2/h3-5H,1H2;1-2H3. The van der Waals surface area contributed by atoms with Crippen LogP contribution in [0.3, 0.4) is 0 Å². The maximum Gasteiger partial charge on any atom is 0.0670 e. The molecule has 1 aromatic rings. The first kappa shape index (κ1) is 11.1. The van der Waals surface area contributed by atoms with E-state index in [0.717, 1.165) is 10.0 Å². The van der Waals surface area contributed by atoms with Crippen molar-refractivity contribution in [2.24, 2.45) is 0 Å². The number of nitriles is 1. The Morgan fingerprint density at radius 3 is 2.67 bits per heavy atom. The number of hydrogen-bond acceptors (Lipinski definition) is 2. The van der Waals surface area contributed by atoms with Gasteiger partial charge in [-0.05, 0) is 27.6 Å². The molecule has 0 saturated heterocycles. The summed E-state index contributed by atoms with van der Waals surface area (Å²) >= 11 is 3.26. The summed E-state index contributed by atoms with van der Waals surface area (Å²) in [6.07, 6.45) is 3.81. The van der Waals surface area contributed by atoms with Gasteiger partial charge in [0.05, 0.1) is 12.5 Å². The van der Waals surface area contributed by atoms with E-state index in [2.05, 4.69) is 27.0 Å². The van der Waals surface area contributed by atoms with E-state index in [9.17, 15) is 0 Å². The number of nitrogens with zero attached hydrogens (tertiary/aromatic N) is 2. The highest BCUT2D eigenvalue weighted by molar-refractivity contribution is 9.10. The number of hydrogen-bond donors (Lipinski definition) is 0. The maximum absolute atomic E-state index is 8.32. The van der Waals surface area contributed by atoms with Crippen molar-refractivity contribution >= 4 is 15.9 Å². The van der Waals surface area contributed by atoms with Crippen LogP contribution in [0.4, 0.5) is 0 Å². The topological polar surface area (TPSA) is 36.7 Å². The van der Waals surface area contributed by atoms with E-state index in [1.807, 2.05) is 19.9 Å². The Morgan fingerprint density at radius 1 is 1.50 bits per heavy atom. The van der Waals surface area contributed by atoms with Gasteiger partial charge in [0.25, 0.3) is 0 Å². The molecule has 1 aromatic heterocycles. The molecule has 0 radical (unpaired) electrons. The largest absolute Gasteiger partial charge is 0.263 e. The van der Waals surface area contributed by atoms with Gasteiger partial charge in [-0.15, -0.1) is 0 Å². The van der Waals surface area contributed by atoms with E-state index >= 15 is 0 Å². The van der Waals surface area contributed by atoms with Crippen LogP contribution in [0.2, 0.25) is 0 Å². The van der Waals surface area contributed by atoms with Gasteiger partial charge in [-0.1, -0.05) is 13.8 Å². The molecule has 1 heterocycles. The van der Waals surface area contributed by atoms with Crippen molar-refractivity contribution < 1.29 is 0 Å². The first-order valence-electron chi connectivity index (χ1n) is 3.79. The Morgan fingerprint density at radius 2 is 2.17 bits per heavy atom. The zero-order valence-corrected chi connectivity index (χ0v) is 8.80. The molecule has 3 heteroatoms. The Labute approximate surface area is 81.4 Å². The van der Waals surface area contributed by atoms with Crippen LogP contribution in [0.5, 0.6) is 0 Å². The lowest BCUT2D eigenvalue weighted by Gasteiger charge is -1.91. The van der Waals surface area contributed by atoms with Crippen molar-refractivity contribution in [1.29, 1.82) is 5.26 Å². The SMILES string of the molecule is CC.N#CCc1cncc(Br)c1. The molecule has 0 bridgehead atoms. The predicted molar refractivity (Wildman–Crippen MR) is 52.6 cm³/mol. The van der Waals surface area contributed by atoms with Crippen molar-refractivity contribution in [3.8, 4) is 6.07 Å². The van der Waals surface area contributed by atoms with Crippen molar-refractivity contribution in [3.63, 3.8) is 0 Å². The maximum atomic E-state index is 8.32. The van der Waals surface area contributed by atoms with Crippen LogP contribution in [0.1, 0.15) is 19.4 Å². The summed E-state index contributed by atoms with van der Waals surface area (Å²) in [6.45, 7) is 4.00. The van der Waals surface area contributed by atoms with Gasteiger partial charge in [0, 0.05) is 16.9 Å². The molecule has 0 amide bonds. The number of rotatable bonds is 1. The van der Waals surface area contributed by atoms with Gasteiger partial charge in [0.15, 0.2) is 0 Å². The van der Waals surface area contributed by atoms with E-state index in [0.29, 0.717) is 6.42 Å². The van der Waals surface area contributed by atoms with Crippen LogP contribution in [-0.2, 0) is 6.42 Å². The first-order valence-corrected chi connectivity index (χ1v) is 4.58. The molecular weight excluding hydrogens is 216 g/mol. The fourth-order valence-electron chi connectivity index (χ4n) is 0.644. The van der Waals surface area contributed by atoms with Crippen molar-refractivity contribution in [2.75, 3.05) is 0 Å². The van der Waals surface area contributed by atoms with E-state index in [4.69, 9.17) is 5.26 Å². The van der Waals surface area contributed by atoms with E-state index in [1.165, 1.54) is 0 Å². The lowest BCUT2D eigenvalue weighted by molar-refractivity contribution is 1.18. The molecule has 0 unspecified atom stereocenters. The Balaban J connectivity index is 0.000000561. The summed E-state index contributed by atoms with van der Waals surface area (Å²) in [5.41, 5.74) is 0.942. The highest BCUT2D eigenvalue weighted by atomic mass is 79.9. The number of pyridine rings is 1. The average molecular weight is 227 g/mol.